The second-order valence-corrected chi connectivity index (χ2v) is 4.28. The van der Waals surface area contributed by atoms with E-state index in [1.807, 2.05) is 24.3 Å². The number of carbonyl (C=O) groups is 1. The molecule has 2 N–H and O–H groups in total. The van der Waals surface area contributed by atoms with Crippen LogP contribution in [0.5, 0.6) is 0 Å². The summed E-state index contributed by atoms with van der Waals surface area (Å²) in [5, 5.41) is 2.81. The first-order valence-corrected chi connectivity index (χ1v) is 5.76. The molecule has 3 rings (SSSR count). The summed E-state index contributed by atoms with van der Waals surface area (Å²) in [6.07, 6.45) is 0. The normalized spacial score (nSPS) is 20.5. The minimum Gasteiger partial charge on any atom is -0.435 e. The number of piperazine rings is 1. The van der Waals surface area contributed by atoms with Crippen LogP contribution in [0.1, 0.15) is 5.89 Å². The van der Waals surface area contributed by atoms with Gasteiger partial charge in [0.15, 0.2) is 18.7 Å². The van der Waals surface area contributed by atoms with Crippen molar-refractivity contribution in [2.75, 3.05) is 19.6 Å². The molecular weight excluding hydrogens is 218 g/mol. The number of hydrogen-bond acceptors (Lipinski definition) is 3. The van der Waals surface area contributed by atoms with Gasteiger partial charge in [-0.05, 0) is 12.1 Å². The molecule has 88 valence electrons. The van der Waals surface area contributed by atoms with Crippen LogP contribution in [-0.2, 0) is 11.3 Å². The van der Waals surface area contributed by atoms with E-state index >= 15 is 0 Å². The number of carbonyl (C=O) groups excluding carboxylic acids is 1. The van der Waals surface area contributed by atoms with Gasteiger partial charge in [-0.25, -0.2) is 4.98 Å². The number of amides is 1. The standard InChI is InChI=1S/C12H13N3O2/c16-11-7-15(6-5-13-11)8-12-14-9-3-1-2-4-10(9)17-12/h1-4H,5-8H2,(H,13,16)/p+1. The highest BCUT2D eigenvalue weighted by Crippen LogP contribution is 2.13. The number of nitrogens with one attached hydrogen (secondary N) is 2. The highest BCUT2D eigenvalue weighted by atomic mass is 16.3. The van der Waals surface area contributed by atoms with E-state index in [4.69, 9.17) is 4.42 Å². The Labute approximate surface area is 98.4 Å². The van der Waals surface area contributed by atoms with E-state index < -0.39 is 0 Å². The number of benzene rings is 1. The number of hydrogen-bond donors (Lipinski definition) is 2. The van der Waals surface area contributed by atoms with E-state index in [-0.39, 0.29) is 5.91 Å². The van der Waals surface area contributed by atoms with Gasteiger partial charge in [0.2, 0.25) is 0 Å². The molecule has 0 spiro atoms. The van der Waals surface area contributed by atoms with Crippen molar-refractivity contribution in [3.63, 3.8) is 0 Å². The molecule has 5 heteroatoms. The Hall–Kier alpha value is -1.88. The largest absolute Gasteiger partial charge is 0.435 e. The van der Waals surface area contributed by atoms with E-state index in [1.165, 1.54) is 4.90 Å². The summed E-state index contributed by atoms with van der Waals surface area (Å²) in [4.78, 5) is 16.9. The summed E-state index contributed by atoms with van der Waals surface area (Å²) in [6.45, 7) is 2.82. The zero-order valence-electron chi connectivity index (χ0n) is 9.40. The monoisotopic (exact) mass is 232 g/mol. The van der Waals surface area contributed by atoms with Crippen molar-refractivity contribution in [2.45, 2.75) is 6.54 Å². The fourth-order valence-corrected chi connectivity index (χ4v) is 2.12. The second kappa shape index (κ2) is 4.18. The number of quaternary nitrogens is 1. The maximum absolute atomic E-state index is 11.3. The molecule has 1 unspecified atom stereocenters. The summed E-state index contributed by atoms with van der Waals surface area (Å²) in [5.41, 5.74) is 1.69. The molecule has 1 aromatic carbocycles. The quantitative estimate of drug-likeness (QED) is 0.723. The summed E-state index contributed by atoms with van der Waals surface area (Å²) in [5.74, 6) is 0.804. The lowest BCUT2D eigenvalue weighted by Crippen LogP contribution is -3.14. The molecule has 1 fully saturated rings. The summed E-state index contributed by atoms with van der Waals surface area (Å²) in [7, 11) is 0. The van der Waals surface area contributed by atoms with Crippen LogP contribution >= 0.6 is 0 Å². The average Bonchev–Trinajstić information content (AvgIpc) is 2.71. The van der Waals surface area contributed by atoms with Crippen LogP contribution in [0.2, 0.25) is 0 Å². The molecule has 1 aliphatic heterocycles. The smallest absolute Gasteiger partial charge is 0.275 e. The third-order valence-corrected chi connectivity index (χ3v) is 2.95. The third-order valence-electron chi connectivity index (χ3n) is 2.95. The summed E-state index contributed by atoms with van der Waals surface area (Å²) >= 11 is 0. The molecule has 0 aliphatic carbocycles. The van der Waals surface area contributed by atoms with Crippen LogP contribution in [0.3, 0.4) is 0 Å². The molecule has 1 atom stereocenters. The van der Waals surface area contributed by atoms with E-state index in [0.717, 1.165) is 24.2 Å². The van der Waals surface area contributed by atoms with Crippen molar-refractivity contribution < 1.29 is 14.1 Å². The number of nitrogens with zero attached hydrogens (tertiary/aromatic N) is 1. The molecule has 1 aliphatic rings. The molecule has 2 aromatic rings. The molecule has 0 saturated carbocycles. The van der Waals surface area contributed by atoms with E-state index in [9.17, 15) is 4.79 Å². The average molecular weight is 232 g/mol. The highest BCUT2D eigenvalue weighted by Gasteiger charge is 2.21. The Balaban J connectivity index is 1.78. The van der Waals surface area contributed by atoms with Crippen molar-refractivity contribution in [3.8, 4) is 0 Å². The van der Waals surface area contributed by atoms with Gasteiger partial charge in [-0.2, -0.15) is 0 Å². The van der Waals surface area contributed by atoms with Crippen molar-refractivity contribution in [3.05, 3.63) is 30.2 Å². The molecule has 5 nitrogen and oxygen atoms in total. The van der Waals surface area contributed by atoms with Crippen molar-refractivity contribution in [1.82, 2.24) is 10.3 Å². The minimum absolute atomic E-state index is 0.0994. The van der Waals surface area contributed by atoms with Crippen molar-refractivity contribution >= 4 is 17.0 Å². The minimum atomic E-state index is 0.0994. The van der Waals surface area contributed by atoms with Crippen LogP contribution in [0.4, 0.5) is 0 Å². The molecule has 1 amide bonds. The zero-order valence-corrected chi connectivity index (χ0v) is 9.40. The number of aromatic nitrogens is 1. The van der Waals surface area contributed by atoms with Gasteiger partial charge in [0.05, 0.1) is 13.1 Å². The number of rotatable bonds is 2. The first-order chi connectivity index (χ1) is 8.31. The number of fused-ring (bicyclic) bond motifs is 1. The second-order valence-electron chi connectivity index (χ2n) is 4.28. The van der Waals surface area contributed by atoms with E-state index in [0.29, 0.717) is 19.0 Å². The molecule has 0 bridgehead atoms. The van der Waals surface area contributed by atoms with Gasteiger partial charge in [0, 0.05) is 0 Å². The highest BCUT2D eigenvalue weighted by molar-refractivity contribution is 5.77. The van der Waals surface area contributed by atoms with E-state index in [1.54, 1.807) is 0 Å². The fraction of sp³-hybridized carbons (Fsp3) is 0.333. The van der Waals surface area contributed by atoms with Gasteiger partial charge >= 0.3 is 0 Å². The first kappa shape index (κ1) is 10.3. The van der Waals surface area contributed by atoms with Gasteiger partial charge in [-0.1, -0.05) is 12.1 Å². The predicted molar refractivity (Wildman–Crippen MR) is 61.4 cm³/mol. The SMILES string of the molecule is O=C1C[NH+](Cc2nc3ccccc3o2)CCN1. The van der Waals surface area contributed by atoms with Crippen LogP contribution < -0.4 is 10.2 Å². The van der Waals surface area contributed by atoms with Gasteiger partial charge in [-0.3, -0.25) is 4.79 Å². The summed E-state index contributed by atoms with van der Waals surface area (Å²) < 4.78 is 5.64. The fourth-order valence-electron chi connectivity index (χ4n) is 2.12. The predicted octanol–water partition coefficient (Wildman–Crippen LogP) is -0.657. The number of oxazole rings is 1. The Bertz CT molecular complexity index is 516. The van der Waals surface area contributed by atoms with Gasteiger partial charge < -0.3 is 14.6 Å². The lowest BCUT2D eigenvalue weighted by atomic mass is 10.3. The lowest BCUT2D eigenvalue weighted by Gasteiger charge is -2.21. The molecule has 0 radical (unpaired) electrons. The van der Waals surface area contributed by atoms with Crippen LogP contribution in [0.25, 0.3) is 11.1 Å². The van der Waals surface area contributed by atoms with Gasteiger partial charge in [0.25, 0.3) is 11.8 Å². The number of para-hydroxylation sites is 2. The van der Waals surface area contributed by atoms with Crippen molar-refractivity contribution in [2.24, 2.45) is 0 Å². The van der Waals surface area contributed by atoms with Gasteiger partial charge in [0.1, 0.15) is 5.52 Å². The molecular formula is C12H14N3O2+. The Morgan fingerprint density at radius 2 is 2.29 bits per heavy atom. The Morgan fingerprint density at radius 1 is 1.41 bits per heavy atom. The molecule has 1 saturated heterocycles. The summed E-state index contributed by atoms with van der Waals surface area (Å²) in [6, 6.07) is 7.71. The maximum atomic E-state index is 11.3. The first-order valence-electron chi connectivity index (χ1n) is 5.76. The van der Waals surface area contributed by atoms with Crippen LogP contribution in [0, 0.1) is 0 Å². The van der Waals surface area contributed by atoms with E-state index in [2.05, 4.69) is 10.3 Å². The third kappa shape index (κ3) is 2.14. The zero-order chi connectivity index (χ0) is 11.7. The topological polar surface area (TPSA) is 59.6 Å². The van der Waals surface area contributed by atoms with Crippen LogP contribution in [0.15, 0.2) is 28.7 Å². The molecule has 17 heavy (non-hydrogen) atoms. The van der Waals surface area contributed by atoms with Crippen molar-refractivity contribution in [1.29, 1.82) is 0 Å². The van der Waals surface area contributed by atoms with Crippen LogP contribution in [-0.4, -0.2) is 30.5 Å². The lowest BCUT2D eigenvalue weighted by molar-refractivity contribution is -0.908. The molecule has 1 aromatic heterocycles. The molecule has 2 heterocycles. The Morgan fingerprint density at radius 3 is 3.12 bits per heavy atom. The maximum Gasteiger partial charge on any atom is 0.275 e. The Kier molecular flexibility index (Phi) is 2.53. The van der Waals surface area contributed by atoms with Gasteiger partial charge in [-0.15, -0.1) is 0 Å².